The molecule has 0 spiro atoms. The van der Waals surface area contributed by atoms with E-state index in [1.165, 1.54) is 5.56 Å². The summed E-state index contributed by atoms with van der Waals surface area (Å²) in [5.74, 6) is 0.154. The van der Waals surface area contributed by atoms with Gasteiger partial charge >= 0.3 is 0 Å². The molecule has 104 valence electrons. The Morgan fingerprint density at radius 1 is 1.37 bits per heavy atom. The van der Waals surface area contributed by atoms with Crippen molar-refractivity contribution < 1.29 is 4.79 Å². The Hall–Kier alpha value is -1.35. The standard InChI is InChI=1S/C16H24N2O/c1-13(8-9-14-6-3-2-4-7-14)18-15(19)16(12-17)10-5-11-16/h2-4,6-7,13H,5,8-12,17H2,1H3,(H,18,19). The van der Waals surface area contributed by atoms with Gasteiger partial charge in [0.15, 0.2) is 0 Å². The van der Waals surface area contributed by atoms with E-state index in [0.29, 0.717) is 6.54 Å². The number of amides is 1. The summed E-state index contributed by atoms with van der Waals surface area (Å²) in [6.45, 7) is 2.55. The quantitative estimate of drug-likeness (QED) is 0.824. The van der Waals surface area contributed by atoms with Gasteiger partial charge in [-0.05, 0) is 38.2 Å². The van der Waals surface area contributed by atoms with E-state index in [-0.39, 0.29) is 17.4 Å². The predicted octanol–water partition coefficient (Wildman–Crippen LogP) is 2.25. The van der Waals surface area contributed by atoms with Crippen molar-refractivity contribution in [1.29, 1.82) is 0 Å². The van der Waals surface area contributed by atoms with Crippen molar-refractivity contribution in [3.8, 4) is 0 Å². The zero-order valence-corrected chi connectivity index (χ0v) is 11.7. The molecule has 1 aliphatic rings. The molecule has 3 N–H and O–H groups in total. The first-order valence-electron chi connectivity index (χ1n) is 7.21. The number of benzene rings is 1. The Kier molecular flexibility index (Phi) is 4.59. The molecule has 2 rings (SSSR count). The molecule has 0 saturated heterocycles. The maximum Gasteiger partial charge on any atom is 0.227 e. The second kappa shape index (κ2) is 6.20. The van der Waals surface area contributed by atoms with E-state index in [1.807, 2.05) is 6.07 Å². The number of carbonyl (C=O) groups is 1. The fraction of sp³-hybridized carbons (Fsp3) is 0.562. The normalized spacial score (nSPS) is 18.4. The van der Waals surface area contributed by atoms with Crippen LogP contribution in [-0.4, -0.2) is 18.5 Å². The summed E-state index contributed by atoms with van der Waals surface area (Å²) in [6.07, 6.45) is 4.98. The van der Waals surface area contributed by atoms with Crippen molar-refractivity contribution in [2.24, 2.45) is 11.1 Å². The molecule has 0 aliphatic heterocycles. The summed E-state index contributed by atoms with van der Waals surface area (Å²) in [5.41, 5.74) is 6.81. The molecule has 0 aromatic heterocycles. The van der Waals surface area contributed by atoms with Crippen LogP contribution in [0.15, 0.2) is 30.3 Å². The largest absolute Gasteiger partial charge is 0.353 e. The minimum absolute atomic E-state index is 0.154. The number of hydrogen-bond acceptors (Lipinski definition) is 2. The predicted molar refractivity (Wildman–Crippen MR) is 77.7 cm³/mol. The van der Waals surface area contributed by atoms with Gasteiger partial charge in [0.05, 0.1) is 5.41 Å². The number of aryl methyl sites for hydroxylation is 1. The zero-order valence-electron chi connectivity index (χ0n) is 11.7. The SMILES string of the molecule is CC(CCc1ccccc1)NC(=O)C1(CN)CCC1. The number of carbonyl (C=O) groups excluding carboxylic acids is 1. The van der Waals surface area contributed by atoms with E-state index in [4.69, 9.17) is 5.73 Å². The van der Waals surface area contributed by atoms with Crippen LogP contribution in [0, 0.1) is 5.41 Å². The van der Waals surface area contributed by atoms with Crippen LogP contribution >= 0.6 is 0 Å². The fourth-order valence-electron chi connectivity index (χ4n) is 2.60. The minimum atomic E-state index is -0.263. The lowest BCUT2D eigenvalue weighted by Gasteiger charge is -2.39. The summed E-state index contributed by atoms with van der Waals surface area (Å²) in [5, 5.41) is 3.12. The molecule has 1 fully saturated rings. The molecule has 0 radical (unpaired) electrons. The molecule has 3 nitrogen and oxygen atoms in total. The number of hydrogen-bond donors (Lipinski definition) is 2. The van der Waals surface area contributed by atoms with Crippen LogP contribution in [-0.2, 0) is 11.2 Å². The van der Waals surface area contributed by atoms with Crippen molar-refractivity contribution in [3.05, 3.63) is 35.9 Å². The maximum absolute atomic E-state index is 12.2. The van der Waals surface area contributed by atoms with E-state index in [2.05, 4.69) is 36.5 Å². The highest BCUT2D eigenvalue weighted by Crippen LogP contribution is 2.40. The van der Waals surface area contributed by atoms with Crippen LogP contribution in [0.2, 0.25) is 0 Å². The van der Waals surface area contributed by atoms with E-state index < -0.39 is 0 Å². The van der Waals surface area contributed by atoms with Gasteiger partial charge in [-0.15, -0.1) is 0 Å². The second-order valence-corrected chi connectivity index (χ2v) is 5.74. The third-order valence-corrected chi connectivity index (χ3v) is 4.27. The Balaban J connectivity index is 1.78. The summed E-state index contributed by atoms with van der Waals surface area (Å²) in [7, 11) is 0. The lowest BCUT2D eigenvalue weighted by molar-refractivity contribution is -0.135. The van der Waals surface area contributed by atoms with E-state index >= 15 is 0 Å². The zero-order chi connectivity index (χ0) is 13.7. The molecule has 1 aromatic rings. The summed E-state index contributed by atoms with van der Waals surface area (Å²) in [4.78, 5) is 12.2. The van der Waals surface area contributed by atoms with Gasteiger partial charge in [0, 0.05) is 12.6 Å². The third kappa shape index (κ3) is 3.35. The van der Waals surface area contributed by atoms with Crippen LogP contribution in [0.25, 0.3) is 0 Å². The van der Waals surface area contributed by atoms with Gasteiger partial charge < -0.3 is 11.1 Å². The molecule has 1 aromatic carbocycles. The van der Waals surface area contributed by atoms with Crippen molar-refractivity contribution >= 4 is 5.91 Å². The lowest BCUT2D eigenvalue weighted by Crippen LogP contribution is -2.52. The molecule has 3 heteroatoms. The average Bonchev–Trinajstić information content (AvgIpc) is 2.37. The van der Waals surface area contributed by atoms with Crippen molar-refractivity contribution in [2.45, 2.75) is 45.1 Å². The van der Waals surface area contributed by atoms with Gasteiger partial charge in [-0.3, -0.25) is 4.79 Å². The molecule has 1 unspecified atom stereocenters. The van der Waals surface area contributed by atoms with Crippen LogP contribution in [0.4, 0.5) is 0 Å². The highest BCUT2D eigenvalue weighted by Gasteiger charge is 2.42. The van der Waals surface area contributed by atoms with Crippen LogP contribution < -0.4 is 11.1 Å². The maximum atomic E-state index is 12.2. The molecule has 0 bridgehead atoms. The average molecular weight is 260 g/mol. The van der Waals surface area contributed by atoms with Gasteiger partial charge in [0.1, 0.15) is 0 Å². The van der Waals surface area contributed by atoms with Crippen LogP contribution in [0.3, 0.4) is 0 Å². The summed E-state index contributed by atoms with van der Waals surface area (Å²) >= 11 is 0. The highest BCUT2D eigenvalue weighted by molar-refractivity contribution is 5.84. The van der Waals surface area contributed by atoms with Gasteiger partial charge in [-0.2, -0.15) is 0 Å². The van der Waals surface area contributed by atoms with E-state index in [1.54, 1.807) is 0 Å². The first kappa shape index (κ1) is 14.1. The summed E-state index contributed by atoms with van der Waals surface area (Å²) in [6, 6.07) is 10.6. The first-order valence-corrected chi connectivity index (χ1v) is 7.21. The lowest BCUT2D eigenvalue weighted by atomic mass is 9.68. The smallest absolute Gasteiger partial charge is 0.227 e. The molecular formula is C16H24N2O. The molecule has 1 saturated carbocycles. The molecule has 1 atom stereocenters. The van der Waals surface area contributed by atoms with Gasteiger partial charge in [0.2, 0.25) is 5.91 Å². The van der Waals surface area contributed by atoms with E-state index in [9.17, 15) is 4.79 Å². The molecule has 1 aliphatic carbocycles. The number of nitrogens with one attached hydrogen (secondary N) is 1. The van der Waals surface area contributed by atoms with E-state index in [0.717, 1.165) is 32.1 Å². The van der Waals surface area contributed by atoms with Crippen molar-refractivity contribution in [2.75, 3.05) is 6.54 Å². The third-order valence-electron chi connectivity index (χ3n) is 4.27. The molecule has 1 amide bonds. The Morgan fingerprint density at radius 3 is 2.58 bits per heavy atom. The Morgan fingerprint density at radius 2 is 2.05 bits per heavy atom. The Bertz CT molecular complexity index is 407. The highest BCUT2D eigenvalue weighted by atomic mass is 16.2. The Labute approximate surface area is 115 Å². The number of nitrogens with two attached hydrogens (primary N) is 1. The summed E-state index contributed by atoms with van der Waals surface area (Å²) < 4.78 is 0. The monoisotopic (exact) mass is 260 g/mol. The van der Waals surface area contributed by atoms with Crippen LogP contribution in [0.1, 0.15) is 38.2 Å². The number of rotatable bonds is 6. The van der Waals surface area contributed by atoms with Gasteiger partial charge in [-0.25, -0.2) is 0 Å². The van der Waals surface area contributed by atoms with Crippen molar-refractivity contribution in [3.63, 3.8) is 0 Å². The second-order valence-electron chi connectivity index (χ2n) is 5.74. The topological polar surface area (TPSA) is 55.1 Å². The van der Waals surface area contributed by atoms with Gasteiger partial charge in [0.25, 0.3) is 0 Å². The molecule has 19 heavy (non-hydrogen) atoms. The first-order chi connectivity index (χ1) is 9.16. The van der Waals surface area contributed by atoms with Crippen molar-refractivity contribution in [1.82, 2.24) is 5.32 Å². The minimum Gasteiger partial charge on any atom is -0.353 e. The fourth-order valence-corrected chi connectivity index (χ4v) is 2.60. The van der Waals surface area contributed by atoms with Gasteiger partial charge in [-0.1, -0.05) is 36.8 Å². The molecule has 0 heterocycles. The molecular weight excluding hydrogens is 236 g/mol. The van der Waals surface area contributed by atoms with Crippen LogP contribution in [0.5, 0.6) is 0 Å².